The van der Waals surface area contributed by atoms with Gasteiger partial charge in [-0.3, -0.25) is 4.79 Å². The fraction of sp³-hybridized carbons (Fsp3) is 0.929. The van der Waals surface area contributed by atoms with Crippen molar-refractivity contribution in [2.45, 2.75) is 63.2 Å². The van der Waals surface area contributed by atoms with E-state index in [0.29, 0.717) is 13.2 Å². The molecule has 6 heteroatoms. The molecule has 0 radical (unpaired) electrons. The van der Waals surface area contributed by atoms with E-state index in [1.165, 1.54) is 0 Å². The first kappa shape index (κ1) is 17.7. The van der Waals surface area contributed by atoms with Crippen molar-refractivity contribution in [3.63, 3.8) is 0 Å². The lowest BCUT2D eigenvalue weighted by atomic mass is 9.97. The van der Waals surface area contributed by atoms with Gasteiger partial charge in [-0.2, -0.15) is 0 Å². The molecule has 2 fully saturated rings. The SMILES string of the molecule is CC(OCC1CCCO1)C(=O)NC1(CN)CCCC1.Cl. The normalized spacial score (nSPS) is 26.0. The summed E-state index contributed by atoms with van der Waals surface area (Å²) in [6, 6.07) is 0. The lowest BCUT2D eigenvalue weighted by Gasteiger charge is -2.30. The summed E-state index contributed by atoms with van der Waals surface area (Å²) < 4.78 is 11.1. The Morgan fingerprint density at radius 3 is 2.70 bits per heavy atom. The smallest absolute Gasteiger partial charge is 0.249 e. The van der Waals surface area contributed by atoms with Crippen LogP contribution in [0.25, 0.3) is 0 Å². The summed E-state index contributed by atoms with van der Waals surface area (Å²) >= 11 is 0. The first-order valence-electron chi connectivity index (χ1n) is 7.40. The van der Waals surface area contributed by atoms with Crippen LogP contribution in [0.4, 0.5) is 0 Å². The number of hydrogen-bond acceptors (Lipinski definition) is 4. The summed E-state index contributed by atoms with van der Waals surface area (Å²) in [5.41, 5.74) is 5.62. The van der Waals surface area contributed by atoms with E-state index in [0.717, 1.165) is 45.1 Å². The highest BCUT2D eigenvalue weighted by atomic mass is 35.5. The minimum atomic E-state index is -0.437. The number of halogens is 1. The topological polar surface area (TPSA) is 73.6 Å². The minimum absolute atomic E-state index is 0. The Morgan fingerprint density at radius 1 is 1.45 bits per heavy atom. The van der Waals surface area contributed by atoms with Crippen molar-refractivity contribution >= 4 is 18.3 Å². The summed E-state index contributed by atoms with van der Waals surface area (Å²) in [5.74, 6) is -0.0506. The molecule has 1 aliphatic carbocycles. The molecule has 3 N–H and O–H groups in total. The molecule has 0 spiro atoms. The van der Waals surface area contributed by atoms with E-state index < -0.39 is 6.10 Å². The van der Waals surface area contributed by atoms with Crippen LogP contribution in [-0.4, -0.2) is 43.4 Å². The van der Waals surface area contributed by atoms with Gasteiger partial charge in [0.05, 0.1) is 18.2 Å². The third-order valence-electron chi connectivity index (χ3n) is 4.27. The largest absolute Gasteiger partial charge is 0.376 e. The van der Waals surface area contributed by atoms with Crippen molar-refractivity contribution in [3.8, 4) is 0 Å². The van der Waals surface area contributed by atoms with E-state index in [1.807, 2.05) is 0 Å². The molecule has 0 aromatic carbocycles. The van der Waals surface area contributed by atoms with Crippen LogP contribution >= 0.6 is 12.4 Å². The predicted molar refractivity (Wildman–Crippen MR) is 80.0 cm³/mol. The molecular formula is C14H27ClN2O3. The second-order valence-electron chi connectivity index (χ2n) is 5.79. The molecule has 1 saturated heterocycles. The van der Waals surface area contributed by atoms with Crippen LogP contribution in [-0.2, 0) is 14.3 Å². The van der Waals surface area contributed by atoms with Crippen molar-refractivity contribution in [2.24, 2.45) is 5.73 Å². The van der Waals surface area contributed by atoms with Crippen LogP contribution in [0.3, 0.4) is 0 Å². The predicted octanol–water partition coefficient (Wildman–Crippen LogP) is 1.38. The Balaban J connectivity index is 0.00000200. The maximum atomic E-state index is 12.1. The lowest BCUT2D eigenvalue weighted by molar-refractivity contribution is -0.135. The quantitative estimate of drug-likeness (QED) is 0.777. The van der Waals surface area contributed by atoms with Crippen molar-refractivity contribution in [1.82, 2.24) is 5.32 Å². The van der Waals surface area contributed by atoms with E-state index in [-0.39, 0.29) is 30.0 Å². The van der Waals surface area contributed by atoms with E-state index in [9.17, 15) is 4.79 Å². The maximum Gasteiger partial charge on any atom is 0.249 e. The number of ether oxygens (including phenoxy) is 2. The molecule has 118 valence electrons. The monoisotopic (exact) mass is 306 g/mol. The Hall–Kier alpha value is -0.360. The van der Waals surface area contributed by atoms with Crippen LogP contribution in [0.5, 0.6) is 0 Å². The van der Waals surface area contributed by atoms with Gasteiger partial charge in [-0.15, -0.1) is 12.4 Å². The molecule has 20 heavy (non-hydrogen) atoms. The molecule has 1 heterocycles. The number of nitrogens with two attached hydrogens (primary N) is 1. The number of nitrogens with one attached hydrogen (secondary N) is 1. The third-order valence-corrected chi connectivity index (χ3v) is 4.27. The average Bonchev–Trinajstić information content (AvgIpc) is 3.07. The number of hydrogen-bond donors (Lipinski definition) is 2. The van der Waals surface area contributed by atoms with Crippen molar-refractivity contribution in [2.75, 3.05) is 19.8 Å². The first-order valence-corrected chi connectivity index (χ1v) is 7.40. The molecule has 2 atom stereocenters. The van der Waals surface area contributed by atoms with Gasteiger partial charge in [-0.25, -0.2) is 0 Å². The molecule has 0 bridgehead atoms. The molecule has 0 aromatic heterocycles. The van der Waals surface area contributed by atoms with Gasteiger partial charge in [0.1, 0.15) is 6.10 Å². The van der Waals surface area contributed by atoms with Gasteiger partial charge in [0.2, 0.25) is 5.91 Å². The zero-order valence-corrected chi connectivity index (χ0v) is 13.0. The summed E-state index contributed by atoms with van der Waals surface area (Å²) in [5, 5.41) is 3.09. The molecule has 2 aliphatic rings. The fourth-order valence-electron chi connectivity index (χ4n) is 2.90. The molecular weight excluding hydrogens is 280 g/mol. The molecule has 1 saturated carbocycles. The number of rotatable bonds is 6. The highest BCUT2D eigenvalue weighted by Crippen LogP contribution is 2.28. The van der Waals surface area contributed by atoms with Gasteiger partial charge in [0.15, 0.2) is 0 Å². The second kappa shape index (κ2) is 8.17. The summed E-state index contributed by atoms with van der Waals surface area (Å²) in [7, 11) is 0. The zero-order valence-electron chi connectivity index (χ0n) is 12.2. The van der Waals surface area contributed by atoms with Gasteiger partial charge in [0.25, 0.3) is 0 Å². The van der Waals surface area contributed by atoms with Gasteiger partial charge < -0.3 is 20.5 Å². The Kier molecular flexibility index (Phi) is 7.23. The standard InChI is InChI=1S/C14H26N2O3.ClH/c1-11(19-9-12-5-4-8-18-12)13(17)16-14(10-15)6-2-3-7-14;/h11-12H,2-10,15H2,1H3,(H,16,17);1H. The van der Waals surface area contributed by atoms with Gasteiger partial charge in [-0.05, 0) is 32.6 Å². The molecule has 0 aromatic rings. The molecule has 2 rings (SSSR count). The van der Waals surface area contributed by atoms with Gasteiger partial charge >= 0.3 is 0 Å². The zero-order chi connectivity index (χ0) is 13.7. The fourth-order valence-corrected chi connectivity index (χ4v) is 2.90. The maximum absolute atomic E-state index is 12.1. The molecule has 2 unspecified atom stereocenters. The van der Waals surface area contributed by atoms with E-state index in [1.54, 1.807) is 6.92 Å². The first-order chi connectivity index (χ1) is 9.15. The number of carbonyl (C=O) groups excluding carboxylic acids is 1. The van der Waals surface area contributed by atoms with Crippen molar-refractivity contribution in [3.05, 3.63) is 0 Å². The molecule has 1 aliphatic heterocycles. The van der Waals surface area contributed by atoms with Crippen molar-refractivity contribution < 1.29 is 14.3 Å². The van der Waals surface area contributed by atoms with Crippen LogP contribution < -0.4 is 11.1 Å². The van der Waals surface area contributed by atoms with Crippen LogP contribution in [0, 0.1) is 0 Å². The molecule has 5 nitrogen and oxygen atoms in total. The Labute approximate surface area is 127 Å². The van der Waals surface area contributed by atoms with E-state index >= 15 is 0 Å². The van der Waals surface area contributed by atoms with Crippen LogP contribution in [0.1, 0.15) is 45.4 Å². The second-order valence-corrected chi connectivity index (χ2v) is 5.79. The van der Waals surface area contributed by atoms with Gasteiger partial charge in [0, 0.05) is 13.2 Å². The number of carbonyl (C=O) groups is 1. The third kappa shape index (κ3) is 4.58. The highest BCUT2D eigenvalue weighted by Gasteiger charge is 2.35. The highest BCUT2D eigenvalue weighted by molar-refractivity contribution is 5.85. The van der Waals surface area contributed by atoms with Crippen LogP contribution in [0.15, 0.2) is 0 Å². The number of amides is 1. The average molecular weight is 307 g/mol. The summed E-state index contributed by atoms with van der Waals surface area (Å²) in [4.78, 5) is 12.1. The molecule has 1 amide bonds. The van der Waals surface area contributed by atoms with Crippen LogP contribution in [0.2, 0.25) is 0 Å². The van der Waals surface area contributed by atoms with E-state index in [4.69, 9.17) is 15.2 Å². The van der Waals surface area contributed by atoms with Crippen molar-refractivity contribution in [1.29, 1.82) is 0 Å². The Bertz CT molecular complexity index is 303. The summed E-state index contributed by atoms with van der Waals surface area (Å²) in [6.45, 7) is 3.62. The van der Waals surface area contributed by atoms with E-state index in [2.05, 4.69) is 5.32 Å². The lowest BCUT2D eigenvalue weighted by Crippen LogP contribution is -2.54. The van der Waals surface area contributed by atoms with Gasteiger partial charge in [-0.1, -0.05) is 12.8 Å². The Morgan fingerprint density at radius 2 is 2.15 bits per heavy atom. The minimum Gasteiger partial charge on any atom is -0.376 e. The summed E-state index contributed by atoms with van der Waals surface area (Å²) in [6.07, 6.45) is 6.08.